The zero-order valence-electron chi connectivity index (χ0n) is 7.54. The average Bonchev–Trinajstić information content (AvgIpc) is 2.75. The number of aromatic nitrogens is 1. The van der Waals surface area contributed by atoms with Crippen LogP contribution in [0.1, 0.15) is 12.8 Å². The number of anilines is 1. The van der Waals surface area contributed by atoms with Crippen LogP contribution < -0.4 is 4.90 Å². The molecule has 2 heterocycles. The first-order valence-electron chi connectivity index (χ1n) is 4.31. The van der Waals surface area contributed by atoms with Gasteiger partial charge in [0.1, 0.15) is 0 Å². The Balaban J connectivity index is 0.000000396. The van der Waals surface area contributed by atoms with Crippen LogP contribution in [0.25, 0.3) is 0 Å². The standard InChI is InChI=1S/C9H11N2.BrH.Zn/c1-2-6-10-9(5-1)11-7-3-4-8-11;;/h1-2,5H,3-4,7-8H2;1H;/q-1;;+2/p-1. The van der Waals surface area contributed by atoms with Crippen molar-refractivity contribution in [3.05, 3.63) is 24.4 Å². The fourth-order valence-corrected chi connectivity index (χ4v) is 1.44. The smallest absolute Gasteiger partial charge is 0.0140 e. The van der Waals surface area contributed by atoms with E-state index in [0.717, 1.165) is 18.9 Å². The summed E-state index contributed by atoms with van der Waals surface area (Å²) in [5, 5.41) is 0. The molecule has 13 heavy (non-hydrogen) atoms. The Kier molecular flexibility index (Phi) is 5.56. The van der Waals surface area contributed by atoms with Gasteiger partial charge in [-0.3, -0.25) is 0 Å². The van der Waals surface area contributed by atoms with E-state index in [-0.39, 0.29) is 0 Å². The second-order valence-electron chi connectivity index (χ2n) is 2.82. The first-order valence-corrected chi connectivity index (χ1v) is 11.3. The third-order valence-electron chi connectivity index (χ3n) is 2.03. The van der Waals surface area contributed by atoms with Gasteiger partial charge in [0.05, 0.1) is 0 Å². The molecule has 1 aliphatic heterocycles. The minimum atomic E-state index is 1.07. The summed E-state index contributed by atoms with van der Waals surface area (Å²) in [6, 6.07) is 5.86. The zero-order chi connectivity index (χ0) is 9.52. The van der Waals surface area contributed by atoms with Crippen molar-refractivity contribution >= 4 is 19.4 Å². The monoisotopic (exact) mass is 290 g/mol. The van der Waals surface area contributed by atoms with E-state index in [1.807, 2.05) is 18.2 Å². The van der Waals surface area contributed by atoms with E-state index in [2.05, 4.69) is 29.7 Å². The Morgan fingerprint density at radius 3 is 2.62 bits per heavy atom. The van der Waals surface area contributed by atoms with Gasteiger partial charge in [0, 0.05) is 18.9 Å². The van der Waals surface area contributed by atoms with E-state index in [1.165, 1.54) is 29.2 Å². The van der Waals surface area contributed by atoms with Gasteiger partial charge in [-0.05, 0) is 12.8 Å². The van der Waals surface area contributed by atoms with Crippen molar-refractivity contribution in [1.82, 2.24) is 4.98 Å². The second-order valence-corrected chi connectivity index (χ2v) is 2.82. The summed E-state index contributed by atoms with van der Waals surface area (Å²) in [7, 11) is 0. The van der Waals surface area contributed by atoms with Gasteiger partial charge in [-0.1, -0.05) is 6.20 Å². The molecule has 1 fully saturated rings. The molecular weight excluding hydrogens is 281 g/mol. The van der Waals surface area contributed by atoms with Crippen molar-refractivity contribution in [3.8, 4) is 0 Å². The fourth-order valence-electron chi connectivity index (χ4n) is 1.44. The number of hydrogen-bond donors (Lipinski definition) is 0. The molecule has 0 amide bonds. The summed E-state index contributed by atoms with van der Waals surface area (Å²) < 4.78 is 0. The van der Waals surface area contributed by atoms with E-state index < -0.39 is 0 Å². The molecule has 1 saturated heterocycles. The van der Waals surface area contributed by atoms with Crippen LogP contribution in [0.15, 0.2) is 18.2 Å². The van der Waals surface area contributed by atoms with Gasteiger partial charge in [0.2, 0.25) is 0 Å². The van der Waals surface area contributed by atoms with Crippen LogP contribution in [0.2, 0.25) is 0 Å². The molecule has 0 bridgehead atoms. The largest absolute Gasteiger partial charge is 0.409 e. The van der Waals surface area contributed by atoms with Gasteiger partial charge in [0.25, 0.3) is 0 Å². The van der Waals surface area contributed by atoms with Gasteiger partial charge < -0.3 is 9.88 Å². The topological polar surface area (TPSA) is 16.1 Å². The van der Waals surface area contributed by atoms with E-state index >= 15 is 0 Å². The molecule has 0 aromatic carbocycles. The van der Waals surface area contributed by atoms with E-state index in [0.29, 0.717) is 0 Å². The third-order valence-corrected chi connectivity index (χ3v) is 2.03. The number of rotatable bonds is 1. The minimum Gasteiger partial charge on any atom is -0.409 e. The molecule has 2 rings (SSSR count). The maximum atomic E-state index is 4.16. The number of pyridine rings is 1. The van der Waals surface area contributed by atoms with Gasteiger partial charge in [-0.25, -0.2) is 0 Å². The van der Waals surface area contributed by atoms with Crippen LogP contribution in [0.4, 0.5) is 5.82 Å². The molecule has 1 aromatic rings. The normalized spacial score (nSPS) is 15.2. The second kappa shape index (κ2) is 6.50. The van der Waals surface area contributed by atoms with Crippen LogP contribution in [-0.2, 0) is 16.3 Å². The maximum absolute atomic E-state index is 4.16. The van der Waals surface area contributed by atoms with Gasteiger partial charge in [-0.2, -0.15) is 12.1 Å². The Morgan fingerprint density at radius 1 is 1.38 bits per heavy atom. The predicted molar refractivity (Wildman–Crippen MR) is 53.4 cm³/mol. The van der Waals surface area contributed by atoms with Gasteiger partial charge in [0.15, 0.2) is 0 Å². The van der Waals surface area contributed by atoms with Crippen molar-refractivity contribution in [2.45, 2.75) is 12.8 Å². The molecule has 66 valence electrons. The van der Waals surface area contributed by atoms with Crippen LogP contribution in [-0.4, -0.2) is 18.1 Å². The molecule has 0 saturated carbocycles. The summed E-state index contributed by atoms with van der Waals surface area (Å²) in [5.74, 6) is 1.07. The Bertz CT molecular complexity index is 224. The molecule has 0 atom stereocenters. The first-order chi connectivity index (χ1) is 6.47. The number of hydrogen-bond acceptors (Lipinski definition) is 2. The van der Waals surface area contributed by atoms with E-state index in [1.54, 1.807) is 0 Å². The molecule has 0 unspecified atom stereocenters. The quantitative estimate of drug-likeness (QED) is 0.583. The molecule has 0 radical (unpaired) electrons. The van der Waals surface area contributed by atoms with Crippen molar-refractivity contribution in [2.24, 2.45) is 0 Å². The van der Waals surface area contributed by atoms with Gasteiger partial charge in [-0.15, -0.1) is 6.07 Å². The van der Waals surface area contributed by atoms with Crippen LogP contribution in [0.5, 0.6) is 0 Å². The third kappa shape index (κ3) is 3.36. The Hall–Kier alpha value is 0.0534. The van der Waals surface area contributed by atoms with Gasteiger partial charge >= 0.3 is 30.0 Å². The first kappa shape index (κ1) is 11.1. The molecular formula is C9H11BrN2Zn. The average molecular weight is 292 g/mol. The minimum absolute atomic E-state index is 1.07. The molecule has 0 N–H and O–H groups in total. The number of halogens is 1. The van der Waals surface area contributed by atoms with Crippen LogP contribution in [0, 0.1) is 6.20 Å². The molecule has 2 nitrogen and oxygen atoms in total. The summed E-state index contributed by atoms with van der Waals surface area (Å²) in [6.45, 7) is 2.32. The zero-order valence-corrected chi connectivity index (χ0v) is 12.1. The van der Waals surface area contributed by atoms with Crippen molar-refractivity contribution < 1.29 is 16.3 Å². The summed E-state index contributed by atoms with van der Waals surface area (Å²) in [5.41, 5.74) is 0. The SMILES string of the molecule is [Zn+][Br].[c-]1cccc(N2CCCC2)n1. The van der Waals surface area contributed by atoms with Crippen molar-refractivity contribution in [2.75, 3.05) is 18.0 Å². The molecule has 1 aliphatic rings. The van der Waals surface area contributed by atoms with E-state index in [4.69, 9.17) is 0 Å². The molecule has 0 spiro atoms. The Labute approximate surface area is 95.8 Å². The van der Waals surface area contributed by atoms with E-state index in [9.17, 15) is 0 Å². The molecule has 4 heteroatoms. The summed E-state index contributed by atoms with van der Waals surface area (Å²) in [4.78, 5) is 6.46. The number of nitrogens with zero attached hydrogens (tertiary/aromatic N) is 2. The van der Waals surface area contributed by atoms with Crippen LogP contribution in [0.3, 0.4) is 0 Å². The summed E-state index contributed by atoms with van der Waals surface area (Å²) >= 11 is 4.25. The summed E-state index contributed by atoms with van der Waals surface area (Å²) in [6.07, 6.45) is 5.45. The van der Waals surface area contributed by atoms with Crippen molar-refractivity contribution in [3.63, 3.8) is 0 Å². The Morgan fingerprint density at radius 2 is 2.08 bits per heavy atom. The molecule has 0 aliphatic carbocycles. The molecule has 1 aromatic heterocycles. The van der Waals surface area contributed by atoms with Crippen molar-refractivity contribution in [1.29, 1.82) is 0 Å². The van der Waals surface area contributed by atoms with Crippen LogP contribution >= 0.6 is 13.6 Å². The predicted octanol–water partition coefficient (Wildman–Crippen LogP) is 2.33. The maximum Gasteiger partial charge on any atom is 0.0140 e. The fraction of sp³-hybridized carbons (Fsp3) is 0.444.